The second kappa shape index (κ2) is 5.31. The Labute approximate surface area is 95.4 Å². The number of nitrogens with one attached hydrogen (secondary N) is 1. The lowest BCUT2D eigenvalue weighted by atomic mass is 9.94. The molecule has 0 aromatic carbocycles. The van der Waals surface area contributed by atoms with Crippen LogP contribution in [-0.4, -0.2) is 35.6 Å². The summed E-state index contributed by atoms with van der Waals surface area (Å²) in [5, 5.41) is 3.65. The lowest BCUT2D eigenvalue weighted by Gasteiger charge is -2.47. The molecule has 1 N–H and O–H groups in total. The van der Waals surface area contributed by atoms with Gasteiger partial charge in [0.05, 0.1) is 0 Å². The highest BCUT2D eigenvalue weighted by molar-refractivity contribution is 4.93. The Balaban J connectivity index is 2.70. The van der Waals surface area contributed by atoms with E-state index in [-0.39, 0.29) is 5.54 Å². The fourth-order valence-electron chi connectivity index (χ4n) is 2.72. The molecule has 0 radical (unpaired) electrons. The van der Waals surface area contributed by atoms with E-state index in [9.17, 15) is 0 Å². The van der Waals surface area contributed by atoms with Gasteiger partial charge in [-0.1, -0.05) is 20.8 Å². The third-order valence-electron chi connectivity index (χ3n) is 3.75. The Bertz CT molecular complexity index is 177. The van der Waals surface area contributed by atoms with Gasteiger partial charge in [-0.3, -0.25) is 4.90 Å². The van der Waals surface area contributed by atoms with Crippen molar-refractivity contribution in [2.45, 2.75) is 71.5 Å². The van der Waals surface area contributed by atoms with Gasteiger partial charge < -0.3 is 5.32 Å². The van der Waals surface area contributed by atoms with Gasteiger partial charge in [-0.15, -0.1) is 0 Å². The van der Waals surface area contributed by atoms with Crippen LogP contribution in [0, 0.1) is 0 Å². The molecule has 15 heavy (non-hydrogen) atoms. The Morgan fingerprint density at radius 3 is 2.33 bits per heavy atom. The maximum atomic E-state index is 3.65. The van der Waals surface area contributed by atoms with Gasteiger partial charge in [0, 0.05) is 30.7 Å². The van der Waals surface area contributed by atoms with E-state index < -0.39 is 0 Å². The molecule has 2 nitrogen and oxygen atoms in total. The van der Waals surface area contributed by atoms with Crippen molar-refractivity contribution in [1.29, 1.82) is 0 Å². The average molecular weight is 212 g/mol. The Morgan fingerprint density at radius 2 is 1.87 bits per heavy atom. The first-order valence-corrected chi connectivity index (χ1v) is 6.54. The highest BCUT2D eigenvalue weighted by Gasteiger charge is 2.34. The monoisotopic (exact) mass is 212 g/mol. The van der Waals surface area contributed by atoms with Crippen molar-refractivity contribution in [1.82, 2.24) is 10.2 Å². The summed E-state index contributed by atoms with van der Waals surface area (Å²) in [4.78, 5) is 2.73. The van der Waals surface area contributed by atoms with Gasteiger partial charge >= 0.3 is 0 Å². The van der Waals surface area contributed by atoms with Gasteiger partial charge in [-0.05, 0) is 33.1 Å². The van der Waals surface area contributed by atoms with Crippen molar-refractivity contribution in [3.8, 4) is 0 Å². The number of hydrogen-bond acceptors (Lipinski definition) is 2. The molecule has 0 bridgehead atoms. The van der Waals surface area contributed by atoms with E-state index in [1.807, 2.05) is 0 Å². The molecule has 90 valence electrons. The molecule has 0 amide bonds. The molecule has 0 aromatic heterocycles. The summed E-state index contributed by atoms with van der Waals surface area (Å²) in [6.45, 7) is 13.9. The van der Waals surface area contributed by atoms with Crippen molar-refractivity contribution in [3.05, 3.63) is 0 Å². The summed E-state index contributed by atoms with van der Waals surface area (Å²) in [5.41, 5.74) is 0.286. The zero-order chi connectivity index (χ0) is 11.5. The molecule has 1 saturated heterocycles. The molecule has 1 rings (SSSR count). The molecule has 1 fully saturated rings. The van der Waals surface area contributed by atoms with Crippen molar-refractivity contribution in [2.24, 2.45) is 0 Å². The first-order valence-electron chi connectivity index (χ1n) is 6.54. The Morgan fingerprint density at radius 1 is 1.27 bits per heavy atom. The van der Waals surface area contributed by atoms with Crippen LogP contribution in [0.4, 0.5) is 0 Å². The molecule has 0 aliphatic carbocycles. The third-order valence-corrected chi connectivity index (χ3v) is 3.75. The van der Waals surface area contributed by atoms with Crippen LogP contribution in [-0.2, 0) is 0 Å². The predicted octanol–water partition coefficient (Wildman–Crippen LogP) is 2.64. The van der Waals surface area contributed by atoms with Gasteiger partial charge in [0.15, 0.2) is 0 Å². The number of piperazine rings is 1. The quantitative estimate of drug-likeness (QED) is 0.770. The second-order valence-electron chi connectivity index (χ2n) is 5.47. The summed E-state index contributed by atoms with van der Waals surface area (Å²) >= 11 is 0. The lowest BCUT2D eigenvalue weighted by Crippen LogP contribution is -2.63. The van der Waals surface area contributed by atoms with E-state index in [0.29, 0.717) is 0 Å². The molecule has 0 spiro atoms. The average Bonchev–Trinajstić information content (AvgIpc) is 2.19. The number of nitrogens with zero attached hydrogens (tertiary/aromatic N) is 1. The lowest BCUT2D eigenvalue weighted by molar-refractivity contribution is 0.0484. The Hall–Kier alpha value is -0.0800. The fraction of sp³-hybridized carbons (Fsp3) is 1.00. The standard InChI is InChI=1S/C13H28N2/c1-6-11(7-2)15-10-13(4,5)14-9-12(15)8-3/h11-12,14H,6-10H2,1-5H3. The fourth-order valence-corrected chi connectivity index (χ4v) is 2.72. The molecule has 2 heteroatoms. The minimum atomic E-state index is 0.286. The van der Waals surface area contributed by atoms with Gasteiger partial charge in [-0.25, -0.2) is 0 Å². The van der Waals surface area contributed by atoms with E-state index in [1.54, 1.807) is 0 Å². The first kappa shape index (κ1) is 13.0. The minimum absolute atomic E-state index is 0.286. The van der Waals surface area contributed by atoms with Crippen molar-refractivity contribution in [2.75, 3.05) is 13.1 Å². The van der Waals surface area contributed by atoms with Crippen LogP contribution < -0.4 is 5.32 Å². The molecule has 1 heterocycles. The smallest absolute Gasteiger partial charge is 0.0253 e. The van der Waals surface area contributed by atoms with Crippen LogP contribution >= 0.6 is 0 Å². The van der Waals surface area contributed by atoms with Crippen LogP contribution in [0.25, 0.3) is 0 Å². The highest BCUT2D eigenvalue weighted by Crippen LogP contribution is 2.22. The van der Waals surface area contributed by atoms with Crippen molar-refractivity contribution in [3.63, 3.8) is 0 Å². The molecular weight excluding hydrogens is 184 g/mol. The van der Waals surface area contributed by atoms with Crippen molar-refractivity contribution >= 4 is 0 Å². The van der Waals surface area contributed by atoms with Gasteiger partial charge in [-0.2, -0.15) is 0 Å². The zero-order valence-corrected chi connectivity index (χ0v) is 11.1. The molecule has 1 aliphatic heterocycles. The van der Waals surface area contributed by atoms with Crippen LogP contribution in [0.5, 0.6) is 0 Å². The van der Waals surface area contributed by atoms with Gasteiger partial charge in [0.1, 0.15) is 0 Å². The highest BCUT2D eigenvalue weighted by atomic mass is 15.3. The van der Waals surface area contributed by atoms with E-state index >= 15 is 0 Å². The summed E-state index contributed by atoms with van der Waals surface area (Å²) in [6.07, 6.45) is 3.83. The van der Waals surface area contributed by atoms with E-state index in [1.165, 1.54) is 25.8 Å². The largest absolute Gasteiger partial charge is 0.309 e. The third kappa shape index (κ3) is 3.18. The van der Waals surface area contributed by atoms with E-state index in [4.69, 9.17) is 0 Å². The van der Waals surface area contributed by atoms with Gasteiger partial charge in [0.2, 0.25) is 0 Å². The Kier molecular flexibility index (Phi) is 4.60. The molecule has 0 saturated carbocycles. The summed E-state index contributed by atoms with van der Waals surface area (Å²) in [6, 6.07) is 1.51. The zero-order valence-electron chi connectivity index (χ0n) is 11.1. The maximum Gasteiger partial charge on any atom is 0.0253 e. The predicted molar refractivity (Wildman–Crippen MR) is 67.2 cm³/mol. The number of hydrogen-bond donors (Lipinski definition) is 1. The molecule has 0 aromatic rings. The molecule has 1 aliphatic rings. The first-order chi connectivity index (χ1) is 7.04. The topological polar surface area (TPSA) is 15.3 Å². The normalized spacial score (nSPS) is 27.2. The van der Waals surface area contributed by atoms with Crippen molar-refractivity contribution < 1.29 is 0 Å². The summed E-state index contributed by atoms with van der Waals surface area (Å²) < 4.78 is 0. The number of rotatable bonds is 4. The van der Waals surface area contributed by atoms with Crippen LogP contribution in [0.2, 0.25) is 0 Å². The van der Waals surface area contributed by atoms with Gasteiger partial charge in [0.25, 0.3) is 0 Å². The molecule has 1 unspecified atom stereocenters. The second-order valence-corrected chi connectivity index (χ2v) is 5.47. The van der Waals surface area contributed by atoms with Crippen LogP contribution in [0.15, 0.2) is 0 Å². The van der Waals surface area contributed by atoms with Crippen LogP contribution in [0.3, 0.4) is 0 Å². The van der Waals surface area contributed by atoms with E-state index in [0.717, 1.165) is 18.6 Å². The molecule has 1 atom stereocenters. The summed E-state index contributed by atoms with van der Waals surface area (Å²) in [7, 11) is 0. The van der Waals surface area contributed by atoms with E-state index in [2.05, 4.69) is 44.8 Å². The summed E-state index contributed by atoms with van der Waals surface area (Å²) in [5.74, 6) is 0. The molecular formula is C13H28N2. The van der Waals surface area contributed by atoms with Crippen LogP contribution in [0.1, 0.15) is 53.9 Å². The maximum absolute atomic E-state index is 3.65. The minimum Gasteiger partial charge on any atom is -0.309 e. The SMILES string of the molecule is CCC(CC)N1CC(C)(C)NCC1CC.